The van der Waals surface area contributed by atoms with Gasteiger partial charge < -0.3 is 4.74 Å². The van der Waals surface area contributed by atoms with Gasteiger partial charge in [-0.3, -0.25) is 0 Å². The molecule has 1 aromatic carbocycles. The molecule has 0 aromatic heterocycles. The van der Waals surface area contributed by atoms with Crippen LogP contribution in [0.25, 0.3) is 0 Å². The van der Waals surface area contributed by atoms with Gasteiger partial charge in [0.05, 0.1) is 11.1 Å². The van der Waals surface area contributed by atoms with E-state index in [9.17, 15) is 0 Å². The molecule has 69 valence electrons. The average Bonchev–Trinajstić information content (AvgIpc) is 2.62. The highest BCUT2D eigenvalue weighted by atomic mass is 79.9. The lowest BCUT2D eigenvalue weighted by Gasteiger charge is -2.09. The molecule has 0 bridgehead atoms. The molecule has 1 radical (unpaired) electrons. The van der Waals surface area contributed by atoms with Crippen LogP contribution in [0.15, 0.2) is 22.7 Å². The summed E-state index contributed by atoms with van der Waals surface area (Å²) in [6, 6.07) is 5.92. The largest absolute Gasteiger partial charge is 0.373 e. The van der Waals surface area contributed by atoms with Crippen molar-refractivity contribution < 1.29 is 4.74 Å². The van der Waals surface area contributed by atoms with Crippen LogP contribution >= 0.6 is 27.5 Å². The van der Waals surface area contributed by atoms with Crippen molar-refractivity contribution >= 4 is 27.5 Å². The van der Waals surface area contributed by atoms with Crippen LogP contribution in [-0.2, 0) is 4.74 Å². The predicted octanol–water partition coefficient (Wildman–Crippen LogP) is 3.77. The number of hydrogen-bond acceptors (Lipinski definition) is 1. The van der Waals surface area contributed by atoms with E-state index in [2.05, 4.69) is 22.4 Å². The monoisotopic (exact) mass is 259 g/mol. The third-order valence-corrected chi connectivity index (χ3v) is 3.30. The van der Waals surface area contributed by atoms with Crippen molar-refractivity contribution in [2.45, 2.75) is 12.5 Å². The van der Waals surface area contributed by atoms with Crippen LogP contribution in [0.4, 0.5) is 0 Å². The van der Waals surface area contributed by atoms with Crippen LogP contribution < -0.4 is 0 Å². The van der Waals surface area contributed by atoms with Gasteiger partial charge in [-0.1, -0.05) is 17.7 Å². The normalized spacial score (nSPS) is 22.2. The SMILES string of the molecule is Clc1cc(C2[CH]CCO2)ccc1Br. The molecule has 1 aliphatic heterocycles. The Kier molecular flexibility index (Phi) is 2.92. The van der Waals surface area contributed by atoms with E-state index in [1.165, 1.54) is 0 Å². The van der Waals surface area contributed by atoms with Crippen molar-refractivity contribution in [3.05, 3.63) is 39.7 Å². The molecule has 0 saturated carbocycles. The lowest BCUT2D eigenvalue weighted by atomic mass is 10.1. The zero-order chi connectivity index (χ0) is 9.26. The lowest BCUT2D eigenvalue weighted by molar-refractivity contribution is 0.124. The molecule has 13 heavy (non-hydrogen) atoms. The number of halogens is 2. The summed E-state index contributed by atoms with van der Waals surface area (Å²) in [7, 11) is 0. The molecule has 1 aliphatic rings. The summed E-state index contributed by atoms with van der Waals surface area (Å²) in [4.78, 5) is 0. The van der Waals surface area contributed by atoms with Gasteiger partial charge in [0.25, 0.3) is 0 Å². The van der Waals surface area contributed by atoms with Crippen LogP contribution in [0.3, 0.4) is 0 Å². The zero-order valence-electron chi connectivity index (χ0n) is 6.97. The Morgan fingerprint density at radius 1 is 1.46 bits per heavy atom. The molecule has 2 rings (SSSR count). The fourth-order valence-corrected chi connectivity index (χ4v) is 1.84. The van der Waals surface area contributed by atoms with E-state index >= 15 is 0 Å². The first kappa shape index (κ1) is 9.50. The maximum Gasteiger partial charge on any atom is 0.0858 e. The van der Waals surface area contributed by atoms with E-state index in [0.29, 0.717) is 0 Å². The average molecular weight is 261 g/mol. The fraction of sp³-hybridized carbons (Fsp3) is 0.300. The third-order valence-electron chi connectivity index (χ3n) is 2.07. The second-order valence-electron chi connectivity index (χ2n) is 2.99. The van der Waals surface area contributed by atoms with Gasteiger partial charge in [-0.25, -0.2) is 0 Å². The second-order valence-corrected chi connectivity index (χ2v) is 4.25. The highest BCUT2D eigenvalue weighted by molar-refractivity contribution is 9.10. The molecule has 1 heterocycles. The van der Waals surface area contributed by atoms with E-state index in [-0.39, 0.29) is 6.10 Å². The number of hydrogen-bond donors (Lipinski definition) is 0. The summed E-state index contributed by atoms with van der Waals surface area (Å²) in [5, 5.41) is 0.737. The Labute approximate surface area is 91.2 Å². The summed E-state index contributed by atoms with van der Waals surface area (Å²) in [5.74, 6) is 0. The Morgan fingerprint density at radius 3 is 2.92 bits per heavy atom. The molecule has 1 unspecified atom stereocenters. The summed E-state index contributed by atoms with van der Waals surface area (Å²) >= 11 is 9.33. The standard InChI is InChI=1S/C10H9BrClO/c11-8-4-3-7(6-9(8)12)10-2-1-5-13-10/h2-4,6,10H,1,5H2. The predicted molar refractivity (Wildman–Crippen MR) is 56.8 cm³/mol. The zero-order valence-corrected chi connectivity index (χ0v) is 9.31. The minimum Gasteiger partial charge on any atom is -0.373 e. The first-order valence-electron chi connectivity index (χ1n) is 4.17. The lowest BCUT2D eigenvalue weighted by Crippen LogP contribution is -1.95. The second kappa shape index (κ2) is 3.99. The quantitative estimate of drug-likeness (QED) is 0.747. The highest BCUT2D eigenvalue weighted by Gasteiger charge is 2.18. The fourth-order valence-electron chi connectivity index (χ4n) is 1.40. The smallest absolute Gasteiger partial charge is 0.0858 e. The maximum absolute atomic E-state index is 5.98. The van der Waals surface area contributed by atoms with Gasteiger partial charge >= 0.3 is 0 Å². The van der Waals surface area contributed by atoms with Gasteiger partial charge in [-0.2, -0.15) is 0 Å². The van der Waals surface area contributed by atoms with Gasteiger partial charge in [-0.05, 0) is 46.5 Å². The van der Waals surface area contributed by atoms with Gasteiger partial charge in [0, 0.05) is 11.1 Å². The van der Waals surface area contributed by atoms with Crippen LogP contribution in [0, 0.1) is 6.42 Å². The maximum atomic E-state index is 5.98. The minimum atomic E-state index is 0.130. The van der Waals surface area contributed by atoms with Crippen LogP contribution in [0.1, 0.15) is 18.1 Å². The molecule has 1 aromatic rings. The third kappa shape index (κ3) is 2.06. The van der Waals surface area contributed by atoms with E-state index in [1.807, 2.05) is 18.2 Å². The van der Waals surface area contributed by atoms with Crippen LogP contribution in [0.5, 0.6) is 0 Å². The van der Waals surface area contributed by atoms with Crippen molar-refractivity contribution in [1.82, 2.24) is 0 Å². The molecule has 3 heteroatoms. The van der Waals surface area contributed by atoms with Crippen molar-refractivity contribution in [2.24, 2.45) is 0 Å². The van der Waals surface area contributed by atoms with Crippen molar-refractivity contribution in [3.63, 3.8) is 0 Å². The van der Waals surface area contributed by atoms with Gasteiger partial charge in [0.15, 0.2) is 0 Å². The highest BCUT2D eigenvalue weighted by Crippen LogP contribution is 2.31. The Bertz CT molecular complexity index is 308. The Hall–Kier alpha value is -0.0500. The van der Waals surface area contributed by atoms with E-state index in [0.717, 1.165) is 28.1 Å². The van der Waals surface area contributed by atoms with Crippen molar-refractivity contribution in [2.75, 3.05) is 6.61 Å². The summed E-state index contributed by atoms with van der Waals surface area (Å²) < 4.78 is 6.43. The van der Waals surface area contributed by atoms with Crippen molar-refractivity contribution in [1.29, 1.82) is 0 Å². The molecular formula is C10H9BrClO. The van der Waals surface area contributed by atoms with Crippen LogP contribution in [0.2, 0.25) is 5.02 Å². The molecule has 0 amide bonds. The summed E-state index contributed by atoms with van der Waals surface area (Å²) in [6.45, 7) is 0.818. The molecule has 0 N–H and O–H groups in total. The molecule has 1 atom stereocenters. The molecular weight excluding hydrogens is 251 g/mol. The Balaban J connectivity index is 2.25. The van der Waals surface area contributed by atoms with E-state index in [1.54, 1.807) is 0 Å². The summed E-state index contributed by atoms with van der Waals surface area (Å²) in [5.41, 5.74) is 1.13. The minimum absolute atomic E-state index is 0.130. The van der Waals surface area contributed by atoms with Gasteiger partial charge in [0.1, 0.15) is 0 Å². The number of ether oxygens (including phenoxy) is 1. The van der Waals surface area contributed by atoms with Gasteiger partial charge in [0.2, 0.25) is 0 Å². The van der Waals surface area contributed by atoms with E-state index < -0.39 is 0 Å². The molecule has 0 spiro atoms. The van der Waals surface area contributed by atoms with Crippen molar-refractivity contribution in [3.8, 4) is 0 Å². The summed E-state index contributed by atoms with van der Waals surface area (Å²) in [6.07, 6.45) is 3.32. The number of rotatable bonds is 1. The topological polar surface area (TPSA) is 9.23 Å². The number of benzene rings is 1. The van der Waals surface area contributed by atoms with Crippen LogP contribution in [-0.4, -0.2) is 6.61 Å². The molecule has 1 saturated heterocycles. The van der Waals surface area contributed by atoms with E-state index in [4.69, 9.17) is 16.3 Å². The molecule has 1 nitrogen and oxygen atoms in total. The first-order valence-corrected chi connectivity index (χ1v) is 5.34. The van der Waals surface area contributed by atoms with Gasteiger partial charge in [-0.15, -0.1) is 0 Å². The Morgan fingerprint density at radius 2 is 2.31 bits per heavy atom. The first-order chi connectivity index (χ1) is 6.27. The molecule has 1 fully saturated rings. The molecule has 0 aliphatic carbocycles.